The van der Waals surface area contributed by atoms with Crippen LogP contribution >= 0.6 is 12.4 Å². The Bertz CT molecular complexity index is 254. The molecule has 0 aromatic rings. The molecule has 0 aromatic heterocycles. The number of carbonyl (C=O) groups is 2. The van der Waals surface area contributed by atoms with Crippen molar-refractivity contribution in [2.24, 2.45) is 22.8 Å². The maximum Gasteiger partial charge on any atom is 0.237 e. The first kappa shape index (κ1) is 17.6. The van der Waals surface area contributed by atoms with Gasteiger partial charge in [-0.2, -0.15) is 0 Å². The molecule has 0 radical (unpaired) electrons. The molecule has 0 aliphatic carbocycles. The number of nitrogens with one attached hydrogen (secondary N) is 1. The van der Waals surface area contributed by atoms with Gasteiger partial charge in [-0.05, 0) is 19.8 Å². The highest BCUT2D eigenvalue weighted by Crippen LogP contribution is 2.12. The van der Waals surface area contributed by atoms with Gasteiger partial charge >= 0.3 is 0 Å². The Morgan fingerprint density at radius 1 is 1.31 bits per heavy atom. The highest BCUT2D eigenvalue weighted by atomic mass is 35.5. The monoisotopic (exact) mass is 251 g/mol. The summed E-state index contributed by atoms with van der Waals surface area (Å²) in [6.45, 7) is 7.29. The van der Waals surface area contributed by atoms with Crippen LogP contribution in [0.25, 0.3) is 0 Å². The van der Waals surface area contributed by atoms with Crippen molar-refractivity contribution in [2.75, 3.05) is 6.54 Å². The molecule has 5 N–H and O–H groups in total. The van der Waals surface area contributed by atoms with Gasteiger partial charge in [0.1, 0.15) is 0 Å². The Morgan fingerprint density at radius 2 is 1.75 bits per heavy atom. The number of hydrogen-bond donors (Lipinski definition) is 3. The zero-order valence-electron chi connectivity index (χ0n) is 10.2. The van der Waals surface area contributed by atoms with Gasteiger partial charge in [-0.15, -0.1) is 12.4 Å². The van der Waals surface area contributed by atoms with Crippen LogP contribution in [0.4, 0.5) is 0 Å². The zero-order chi connectivity index (χ0) is 12.2. The first-order chi connectivity index (χ1) is 6.68. The molecular formula is C10H22ClN3O2. The van der Waals surface area contributed by atoms with Crippen LogP contribution in [0.5, 0.6) is 0 Å². The van der Waals surface area contributed by atoms with Crippen molar-refractivity contribution in [1.29, 1.82) is 0 Å². The SMILES string of the molecule is CC(C)[C@H](N)C(=O)NCC(C)(C)C(N)=O.Cl. The largest absolute Gasteiger partial charge is 0.369 e. The zero-order valence-corrected chi connectivity index (χ0v) is 11.1. The second kappa shape index (κ2) is 6.70. The van der Waals surface area contributed by atoms with Crippen LogP contribution in [0.15, 0.2) is 0 Å². The highest BCUT2D eigenvalue weighted by molar-refractivity contribution is 5.85. The lowest BCUT2D eigenvalue weighted by Crippen LogP contribution is -2.49. The molecule has 2 amide bonds. The van der Waals surface area contributed by atoms with Gasteiger partial charge in [0.25, 0.3) is 0 Å². The van der Waals surface area contributed by atoms with Crippen molar-refractivity contribution < 1.29 is 9.59 Å². The predicted molar refractivity (Wildman–Crippen MR) is 66.0 cm³/mol. The van der Waals surface area contributed by atoms with Gasteiger partial charge in [0, 0.05) is 6.54 Å². The molecule has 0 aliphatic heterocycles. The molecule has 0 rings (SSSR count). The fraction of sp³-hybridized carbons (Fsp3) is 0.800. The van der Waals surface area contributed by atoms with Crippen molar-refractivity contribution in [1.82, 2.24) is 5.32 Å². The molecule has 0 saturated carbocycles. The fourth-order valence-corrected chi connectivity index (χ4v) is 0.816. The smallest absolute Gasteiger partial charge is 0.237 e. The summed E-state index contributed by atoms with van der Waals surface area (Å²) in [6, 6.07) is -0.548. The summed E-state index contributed by atoms with van der Waals surface area (Å²) in [5.41, 5.74) is 10.1. The molecule has 5 nitrogen and oxygen atoms in total. The third kappa shape index (κ3) is 5.32. The quantitative estimate of drug-likeness (QED) is 0.642. The van der Waals surface area contributed by atoms with E-state index >= 15 is 0 Å². The van der Waals surface area contributed by atoms with Crippen molar-refractivity contribution >= 4 is 24.2 Å². The van der Waals surface area contributed by atoms with Gasteiger partial charge in [0.15, 0.2) is 0 Å². The molecule has 1 atom stereocenters. The number of rotatable bonds is 5. The molecule has 0 bridgehead atoms. The second-order valence-electron chi connectivity index (χ2n) is 4.74. The molecule has 0 aliphatic rings. The van der Waals surface area contributed by atoms with Gasteiger partial charge in [-0.1, -0.05) is 13.8 Å². The van der Waals surface area contributed by atoms with Gasteiger partial charge in [-0.3, -0.25) is 9.59 Å². The summed E-state index contributed by atoms with van der Waals surface area (Å²) in [4.78, 5) is 22.4. The van der Waals surface area contributed by atoms with E-state index in [1.807, 2.05) is 13.8 Å². The summed E-state index contributed by atoms with van der Waals surface area (Å²) in [5, 5.41) is 2.62. The third-order valence-corrected chi connectivity index (χ3v) is 2.39. The lowest BCUT2D eigenvalue weighted by Gasteiger charge is -2.23. The van der Waals surface area contributed by atoms with E-state index in [0.29, 0.717) is 0 Å². The predicted octanol–water partition coefficient (Wildman–Crippen LogP) is 0.0192. The third-order valence-electron chi connectivity index (χ3n) is 2.39. The van der Waals surface area contributed by atoms with E-state index in [1.54, 1.807) is 13.8 Å². The van der Waals surface area contributed by atoms with Gasteiger partial charge < -0.3 is 16.8 Å². The minimum atomic E-state index is -0.744. The molecule has 0 heterocycles. The van der Waals surface area contributed by atoms with E-state index < -0.39 is 17.4 Å². The van der Waals surface area contributed by atoms with E-state index in [-0.39, 0.29) is 30.8 Å². The summed E-state index contributed by atoms with van der Waals surface area (Å²) in [5.74, 6) is -0.623. The molecule has 0 aromatic carbocycles. The Balaban J connectivity index is 0. The van der Waals surface area contributed by atoms with E-state index in [1.165, 1.54) is 0 Å². The first-order valence-electron chi connectivity index (χ1n) is 5.01. The molecule has 96 valence electrons. The molecule has 16 heavy (non-hydrogen) atoms. The lowest BCUT2D eigenvalue weighted by molar-refractivity contribution is -0.127. The van der Waals surface area contributed by atoms with Gasteiger partial charge in [-0.25, -0.2) is 0 Å². The minimum absolute atomic E-state index is 0. The lowest BCUT2D eigenvalue weighted by atomic mass is 9.92. The molecular weight excluding hydrogens is 230 g/mol. The summed E-state index contributed by atoms with van der Waals surface area (Å²) < 4.78 is 0. The van der Waals surface area contributed by atoms with Crippen molar-refractivity contribution in [3.63, 3.8) is 0 Å². The molecule has 6 heteroatoms. The normalized spacial score (nSPS) is 12.9. The van der Waals surface area contributed by atoms with Crippen LogP contribution in [0, 0.1) is 11.3 Å². The van der Waals surface area contributed by atoms with Crippen molar-refractivity contribution in [3.8, 4) is 0 Å². The second-order valence-corrected chi connectivity index (χ2v) is 4.74. The number of halogens is 1. The summed E-state index contributed by atoms with van der Waals surface area (Å²) in [6.07, 6.45) is 0. The summed E-state index contributed by atoms with van der Waals surface area (Å²) in [7, 11) is 0. The van der Waals surface area contributed by atoms with Gasteiger partial charge in [0.2, 0.25) is 11.8 Å². The maximum absolute atomic E-state index is 11.5. The van der Waals surface area contributed by atoms with E-state index in [0.717, 1.165) is 0 Å². The van der Waals surface area contributed by atoms with Crippen LogP contribution in [0.1, 0.15) is 27.7 Å². The Kier molecular flexibility index (Phi) is 7.37. The van der Waals surface area contributed by atoms with Crippen LogP contribution in [-0.4, -0.2) is 24.4 Å². The van der Waals surface area contributed by atoms with Crippen LogP contribution in [0.3, 0.4) is 0 Å². The van der Waals surface area contributed by atoms with Crippen molar-refractivity contribution in [2.45, 2.75) is 33.7 Å². The van der Waals surface area contributed by atoms with Crippen LogP contribution in [0.2, 0.25) is 0 Å². The van der Waals surface area contributed by atoms with Crippen LogP contribution in [-0.2, 0) is 9.59 Å². The molecule has 0 saturated heterocycles. The Hall–Kier alpha value is -0.810. The molecule has 0 unspecified atom stereocenters. The molecule has 0 fully saturated rings. The Labute approximate surface area is 103 Å². The number of carbonyl (C=O) groups excluding carboxylic acids is 2. The average molecular weight is 252 g/mol. The van der Waals surface area contributed by atoms with Gasteiger partial charge in [0.05, 0.1) is 11.5 Å². The minimum Gasteiger partial charge on any atom is -0.369 e. The first-order valence-corrected chi connectivity index (χ1v) is 5.01. The topological polar surface area (TPSA) is 98.2 Å². The number of hydrogen-bond acceptors (Lipinski definition) is 3. The van der Waals surface area contributed by atoms with E-state index in [9.17, 15) is 9.59 Å². The summed E-state index contributed by atoms with van der Waals surface area (Å²) >= 11 is 0. The van der Waals surface area contributed by atoms with E-state index in [4.69, 9.17) is 11.5 Å². The standard InChI is InChI=1S/C10H21N3O2.ClH/c1-6(2)7(11)8(14)13-5-10(3,4)9(12)15;/h6-7H,5,11H2,1-4H3,(H2,12,15)(H,13,14);1H/t7-;/m0./s1. The number of nitrogens with two attached hydrogens (primary N) is 2. The Morgan fingerprint density at radius 3 is 2.06 bits per heavy atom. The fourth-order valence-electron chi connectivity index (χ4n) is 0.816. The van der Waals surface area contributed by atoms with Crippen LogP contribution < -0.4 is 16.8 Å². The molecule has 0 spiro atoms. The maximum atomic E-state index is 11.5. The highest BCUT2D eigenvalue weighted by Gasteiger charge is 2.27. The van der Waals surface area contributed by atoms with Crippen molar-refractivity contribution in [3.05, 3.63) is 0 Å². The average Bonchev–Trinajstić information content (AvgIpc) is 2.12. The number of primary amides is 1. The van der Waals surface area contributed by atoms with E-state index in [2.05, 4.69) is 5.32 Å². The number of amides is 2.